The summed E-state index contributed by atoms with van der Waals surface area (Å²) in [5, 5.41) is 8.42. The van der Waals surface area contributed by atoms with Gasteiger partial charge in [0.2, 0.25) is 0 Å². The Kier molecular flexibility index (Phi) is 4.85. The van der Waals surface area contributed by atoms with Gasteiger partial charge < -0.3 is 9.36 Å². The molecule has 1 rings (SSSR count). The number of carbonyl (C=O) groups excluding carboxylic acids is 1. The Labute approximate surface area is 103 Å². The molecule has 1 aromatic heterocycles. The van der Waals surface area contributed by atoms with Gasteiger partial charge in [0.1, 0.15) is 17.9 Å². The summed E-state index contributed by atoms with van der Waals surface area (Å²) in [6, 6.07) is 0. The van der Waals surface area contributed by atoms with Crippen molar-refractivity contribution in [2.75, 3.05) is 0 Å². The van der Waals surface area contributed by atoms with Gasteiger partial charge in [-0.2, -0.15) is 0 Å². The number of carbonyl (C=O) groups is 1. The van der Waals surface area contributed by atoms with Crippen molar-refractivity contribution >= 4 is 6.29 Å². The molecule has 0 N–H and O–H groups in total. The van der Waals surface area contributed by atoms with Crippen molar-refractivity contribution in [2.24, 2.45) is 5.41 Å². The van der Waals surface area contributed by atoms with E-state index in [4.69, 9.17) is 0 Å². The molecular formula is C13H23N3O. The molecule has 4 heteroatoms. The van der Waals surface area contributed by atoms with E-state index >= 15 is 0 Å². The van der Waals surface area contributed by atoms with E-state index in [1.165, 1.54) is 0 Å². The average molecular weight is 237 g/mol. The van der Waals surface area contributed by atoms with Gasteiger partial charge in [0, 0.05) is 25.8 Å². The fraction of sp³-hybridized carbons (Fsp3) is 0.769. The van der Waals surface area contributed by atoms with Gasteiger partial charge in [-0.05, 0) is 18.8 Å². The minimum atomic E-state index is 0.313. The normalized spacial score (nSPS) is 11.8. The zero-order valence-electron chi connectivity index (χ0n) is 11.4. The van der Waals surface area contributed by atoms with Crippen LogP contribution < -0.4 is 0 Å². The van der Waals surface area contributed by atoms with Crippen LogP contribution in [0, 0.1) is 5.41 Å². The van der Waals surface area contributed by atoms with E-state index in [0.717, 1.165) is 37.3 Å². The van der Waals surface area contributed by atoms with Crippen molar-refractivity contribution in [1.82, 2.24) is 14.8 Å². The Morgan fingerprint density at radius 1 is 1.18 bits per heavy atom. The second kappa shape index (κ2) is 5.94. The number of hydrogen-bond acceptors (Lipinski definition) is 3. The molecule has 0 bridgehead atoms. The molecule has 17 heavy (non-hydrogen) atoms. The highest BCUT2D eigenvalue weighted by Crippen LogP contribution is 2.21. The zero-order valence-corrected chi connectivity index (χ0v) is 11.4. The molecule has 0 radical (unpaired) electrons. The first-order chi connectivity index (χ1) is 7.98. The lowest BCUT2D eigenvalue weighted by atomic mass is 9.90. The van der Waals surface area contributed by atoms with Gasteiger partial charge >= 0.3 is 0 Å². The van der Waals surface area contributed by atoms with Crippen LogP contribution >= 0.6 is 0 Å². The van der Waals surface area contributed by atoms with Gasteiger partial charge in [-0.1, -0.05) is 20.8 Å². The van der Waals surface area contributed by atoms with Crippen molar-refractivity contribution in [3.63, 3.8) is 0 Å². The van der Waals surface area contributed by atoms with Gasteiger partial charge in [0.15, 0.2) is 0 Å². The zero-order chi connectivity index (χ0) is 12.9. The van der Waals surface area contributed by atoms with Gasteiger partial charge in [0.25, 0.3) is 0 Å². The third kappa shape index (κ3) is 4.29. The monoisotopic (exact) mass is 237 g/mol. The Hall–Kier alpha value is -1.19. The topological polar surface area (TPSA) is 47.8 Å². The maximum absolute atomic E-state index is 10.4. The van der Waals surface area contributed by atoms with Gasteiger partial charge in [-0.3, -0.25) is 0 Å². The summed E-state index contributed by atoms with van der Waals surface area (Å²) in [4.78, 5) is 10.4. The van der Waals surface area contributed by atoms with Crippen LogP contribution in [0.15, 0.2) is 0 Å². The van der Waals surface area contributed by atoms with Crippen molar-refractivity contribution in [3.8, 4) is 0 Å². The smallest absolute Gasteiger partial charge is 0.133 e. The molecule has 0 atom stereocenters. The van der Waals surface area contributed by atoms with Crippen LogP contribution in [0.4, 0.5) is 0 Å². The van der Waals surface area contributed by atoms with Crippen LogP contribution in [0.25, 0.3) is 0 Å². The largest absolute Gasteiger partial charge is 0.315 e. The van der Waals surface area contributed by atoms with Gasteiger partial charge in [-0.25, -0.2) is 0 Å². The van der Waals surface area contributed by atoms with Crippen LogP contribution in [-0.2, 0) is 24.2 Å². The summed E-state index contributed by atoms with van der Waals surface area (Å²) in [5.74, 6) is 1.98. The lowest BCUT2D eigenvalue weighted by Crippen LogP contribution is -2.11. The molecule has 0 aliphatic carbocycles. The Bertz CT molecular complexity index is 363. The fourth-order valence-electron chi connectivity index (χ4n) is 1.78. The maximum Gasteiger partial charge on any atom is 0.133 e. The highest BCUT2D eigenvalue weighted by atomic mass is 16.1. The molecule has 4 nitrogen and oxygen atoms in total. The summed E-state index contributed by atoms with van der Waals surface area (Å²) < 4.78 is 2.13. The second-order valence-corrected chi connectivity index (χ2v) is 5.54. The third-order valence-electron chi connectivity index (χ3n) is 2.80. The maximum atomic E-state index is 10.4. The molecule has 0 saturated heterocycles. The van der Waals surface area contributed by atoms with Crippen molar-refractivity contribution < 1.29 is 4.79 Å². The van der Waals surface area contributed by atoms with Crippen LogP contribution in [0.1, 0.15) is 52.2 Å². The predicted molar refractivity (Wildman–Crippen MR) is 67.9 cm³/mol. The highest BCUT2D eigenvalue weighted by Gasteiger charge is 2.15. The molecule has 0 aliphatic rings. The van der Waals surface area contributed by atoms with E-state index in [-0.39, 0.29) is 0 Å². The molecule has 0 saturated carbocycles. The Balaban J connectivity index is 2.72. The highest BCUT2D eigenvalue weighted by molar-refractivity contribution is 5.49. The minimum Gasteiger partial charge on any atom is -0.315 e. The van der Waals surface area contributed by atoms with E-state index in [2.05, 4.69) is 42.5 Å². The van der Waals surface area contributed by atoms with Gasteiger partial charge in [0.05, 0.1) is 0 Å². The molecule has 1 aromatic rings. The lowest BCUT2D eigenvalue weighted by molar-refractivity contribution is -0.107. The predicted octanol–water partition coefficient (Wildman–Crippen LogP) is 2.41. The minimum absolute atomic E-state index is 0.313. The van der Waals surface area contributed by atoms with Crippen LogP contribution in [0.5, 0.6) is 0 Å². The quantitative estimate of drug-likeness (QED) is 0.714. The van der Waals surface area contributed by atoms with Crippen molar-refractivity contribution in [3.05, 3.63) is 11.6 Å². The summed E-state index contributed by atoms with van der Waals surface area (Å²) in [7, 11) is 0. The molecular weight excluding hydrogens is 214 g/mol. The third-order valence-corrected chi connectivity index (χ3v) is 2.80. The van der Waals surface area contributed by atoms with E-state index < -0.39 is 0 Å². The molecule has 0 amide bonds. The number of hydrogen-bond donors (Lipinski definition) is 0. The molecule has 0 unspecified atom stereocenters. The molecule has 96 valence electrons. The number of aromatic nitrogens is 3. The number of aryl methyl sites for hydroxylation is 2. The van der Waals surface area contributed by atoms with Crippen LogP contribution in [0.3, 0.4) is 0 Å². The molecule has 1 heterocycles. The second-order valence-electron chi connectivity index (χ2n) is 5.54. The number of aldehydes is 1. The molecule has 0 fully saturated rings. The first kappa shape index (κ1) is 13.9. The van der Waals surface area contributed by atoms with E-state index in [0.29, 0.717) is 18.3 Å². The Morgan fingerprint density at radius 3 is 2.24 bits per heavy atom. The summed E-state index contributed by atoms with van der Waals surface area (Å²) in [6.45, 7) is 9.65. The van der Waals surface area contributed by atoms with Crippen LogP contribution in [0.2, 0.25) is 0 Å². The van der Waals surface area contributed by atoms with E-state index in [9.17, 15) is 4.79 Å². The lowest BCUT2D eigenvalue weighted by Gasteiger charge is -2.17. The summed E-state index contributed by atoms with van der Waals surface area (Å²) in [5.41, 5.74) is 0.313. The first-order valence-electron chi connectivity index (χ1n) is 6.32. The van der Waals surface area contributed by atoms with Crippen molar-refractivity contribution in [1.29, 1.82) is 0 Å². The van der Waals surface area contributed by atoms with E-state index in [1.807, 2.05) is 0 Å². The summed E-state index contributed by atoms with van der Waals surface area (Å²) >= 11 is 0. The van der Waals surface area contributed by atoms with Crippen molar-refractivity contribution in [2.45, 2.75) is 59.9 Å². The average Bonchev–Trinajstić information content (AvgIpc) is 2.64. The fourth-order valence-corrected chi connectivity index (χ4v) is 1.78. The van der Waals surface area contributed by atoms with Crippen LogP contribution in [-0.4, -0.2) is 21.1 Å². The molecule has 0 spiro atoms. The summed E-state index contributed by atoms with van der Waals surface area (Å²) in [6.07, 6.45) is 4.20. The molecule has 0 aromatic carbocycles. The SMILES string of the molecule is CCn1c(CCC=O)nnc1CCC(C)(C)C. The van der Waals surface area contributed by atoms with E-state index in [1.54, 1.807) is 0 Å². The molecule has 0 aliphatic heterocycles. The standard InChI is InChI=1S/C13H23N3O/c1-5-16-11(7-6-10-17)14-15-12(16)8-9-13(2,3)4/h10H,5-9H2,1-4H3. The number of nitrogens with zero attached hydrogens (tertiary/aromatic N) is 3. The number of rotatable bonds is 6. The first-order valence-corrected chi connectivity index (χ1v) is 6.32. The Morgan fingerprint density at radius 2 is 1.76 bits per heavy atom. The van der Waals surface area contributed by atoms with Gasteiger partial charge in [-0.15, -0.1) is 10.2 Å².